The van der Waals surface area contributed by atoms with Crippen molar-refractivity contribution in [2.24, 2.45) is 0 Å². The van der Waals surface area contributed by atoms with Crippen molar-refractivity contribution < 1.29 is 17.2 Å². The normalized spacial score (nSPS) is 11.8. The van der Waals surface area contributed by atoms with Crippen LogP contribution in [0.2, 0.25) is 5.02 Å². The molecule has 2 aromatic rings. The summed E-state index contributed by atoms with van der Waals surface area (Å²) in [5, 5.41) is -0.254. The van der Waals surface area contributed by atoms with Crippen LogP contribution in [0.1, 0.15) is 17.3 Å². The van der Waals surface area contributed by atoms with Gasteiger partial charge in [-0.05, 0) is 26.0 Å². The summed E-state index contributed by atoms with van der Waals surface area (Å²) in [7, 11) is -4.02. The second kappa shape index (κ2) is 5.51. The molecule has 0 amide bonds. The first-order valence-corrected chi connectivity index (χ1v) is 7.54. The molecule has 2 rings (SSSR count). The van der Waals surface area contributed by atoms with Gasteiger partial charge >= 0.3 is 0 Å². The van der Waals surface area contributed by atoms with E-state index in [1.54, 1.807) is 13.8 Å². The van der Waals surface area contributed by atoms with Crippen LogP contribution in [0.3, 0.4) is 0 Å². The lowest BCUT2D eigenvalue weighted by molar-refractivity contribution is 0.462. The Labute approximate surface area is 120 Å². The van der Waals surface area contributed by atoms with Gasteiger partial charge in [0.05, 0.1) is 17.3 Å². The van der Waals surface area contributed by atoms with Crippen molar-refractivity contribution in [3.63, 3.8) is 0 Å². The third kappa shape index (κ3) is 3.00. The second-order valence-corrected chi connectivity index (χ2v) is 6.27. The van der Waals surface area contributed by atoms with Gasteiger partial charge in [-0.15, -0.1) is 0 Å². The monoisotopic (exact) mass is 318 g/mol. The van der Waals surface area contributed by atoms with E-state index >= 15 is 0 Å². The number of nitrogens with one attached hydrogen (secondary N) is 1. The Hall–Kier alpha value is -1.44. The molecule has 0 fully saturated rings. The maximum Gasteiger partial charge on any atom is 0.244 e. The zero-order chi connectivity index (χ0) is 14.9. The molecule has 108 valence electrons. The zero-order valence-corrected chi connectivity index (χ0v) is 12.3. The maximum atomic E-state index is 13.7. The summed E-state index contributed by atoms with van der Waals surface area (Å²) in [6.45, 7) is 3.30. The van der Waals surface area contributed by atoms with E-state index in [0.717, 1.165) is 6.07 Å². The van der Waals surface area contributed by atoms with Gasteiger partial charge in [0.15, 0.2) is 5.82 Å². The number of oxazole rings is 1. The Morgan fingerprint density at radius 3 is 2.70 bits per heavy atom. The Balaban J connectivity index is 2.21. The van der Waals surface area contributed by atoms with Gasteiger partial charge in [0, 0.05) is 0 Å². The molecule has 0 saturated carbocycles. The van der Waals surface area contributed by atoms with Crippen molar-refractivity contribution in [3.8, 4) is 0 Å². The van der Waals surface area contributed by atoms with Crippen LogP contribution in [0, 0.1) is 19.7 Å². The number of nitrogens with zero attached hydrogens (tertiary/aromatic N) is 1. The molecule has 0 spiro atoms. The molecule has 0 bridgehead atoms. The number of aryl methyl sites for hydroxylation is 2. The minimum absolute atomic E-state index is 0.164. The molecule has 8 heteroatoms. The van der Waals surface area contributed by atoms with Gasteiger partial charge in [-0.2, -0.15) is 0 Å². The lowest BCUT2D eigenvalue weighted by Gasteiger charge is -2.06. The minimum atomic E-state index is -4.02. The van der Waals surface area contributed by atoms with Gasteiger partial charge in [0.25, 0.3) is 0 Å². The number of hydrogen-bond acceptors (Lipinski definition) is 4. The smallest absolute Gasteiger partial charge is 0.244 e. The van der Waals surface area contributed by atoms with Crippen LogP contribution in [0.25, 0.3) is 0 Å². The largest absolute Gasteiger partial charge is 0.444 e. The zero-order valence-electron chi connectivity index (χ0n) is 10.8. The van der Waals surface area contributed by atoms with Crippen LogP contribution in [-0.2, 0) is 16.6 Å². The molecule has 0 atom stereocenters. The lowest BCUT2D eigenvalue weighted by Crippen LogP contribution is -2.24. The molecule has 0 radical (unpaired) electrons. The van der Waals surface area contributed by atoms with Crippen LogP contribution in [0.15, 0.2) is 27.5 Å². The Morgan fingerprint density at radius 1 is 1.40 bits per heavy atom. The van der Waals surface area contributed by atoms with E-state index in [-0.39, 0.29) is 17.5 Å². The first-order chi connectivity index (χ1) is 9.31. The summed E-state index contributed by atoms with van der Waals surface area (Å²) in [6.07, 6.45) is 0. The van der Waals surface area contributed by atoms with Crippen LogP contribution >= 0.6 is 11.6 Å². The molecule has 5 nitrogen and oxygen atoms in total. The quantitative estimate of drug-likeness (QED) is 0.940. The fraction of sp³-hybridized carbons (Fsp3) is 0.250. The van der Waals surface area contributed by atoms with Crippen molar-refractivity contribution in [3.05, 3.63) is 46.4 Å². The highest BCUT2D eigenvalue weighted by Crippen LogP contribution is 2.21. The van der Waals surface area contributed by atoms with E-state index in [2.05, 4.69) is 9.71 Å². The van der Waals surface area contributed by atoms with Gasteiger partial charge in [0.2, 0.25) is 15.9 Å². The van der Waals surface area contributed by atoms with Crippen LogP contribution in [-0.4, -0.2) is 13.4 Å². The molecular weight excluding hydrogens is 307 g/mol. The van der Waals surface area contributed by atoms with Crippen molar-refractivity contribution in [1.82, 2.24) is 9.71 Å². The van der Waals surface area contributed by atoms with Crippen LogP contribution in [0.4, 0.5) is 4.39 Å². The third-order valence-corrected chi connectivity index (χ3v) is 4.40. The highest BCUT2D eigenvalue weighted by atomic mass is 35.5. The fourth-order valence-corrected chi connectivity index (χ4v) is 2.84. The standard InChI is InChI=1S/C12H12ClFN2O3S/c1-7-8(2)19-11(16-7)6-15-20(17,18)10-5-3-4-9(13)12(10)14/h3-5,15H,6H2,1-2H3. The van der Waals surface area contributed by atoms with Crippen molar-refractivity contribution in [2.75, 3.05) is 0 Å². The van der Waals surface area contributed by atoms with E-state index in [0.29, 0.717) is 11.5 Å². The minimum Gasteiger partial charge on any atom is -0.444 e. The summed E-state index contributed by atoms with van der Waals surface area (Å²) in [6, 6.07) is 3.77. The second-order valence-electron chi connectivity index (χ2n) is 4.13. The number of sulfonamides is 1. The average Bonchev–Trinajstić information content (AvgIpc) is 2.70. The Kier molecular flexibility index (Phi) is 4.12. The topological polar surface area (TPSA) is 72.2 Å². The summed E-state index contributed by atoms with van der Waals surface area (Å²) >= 11 is 5.56. The molecule has 1 aromatic heterocycles. The van der Waals surface area contributed by atoms with Crippen molar-refractivity contribution in [2.45, 2.75) is 25.3 Å². The van der Waals surface area contributed by atoms with E-state index in [9.17, 15) is 12.8 Å². The third-order valence-electron chi connectivity index (χ3n) is 2.69. The number of benzene rings is 1. The molecule has 1 N–H and O–H groups in total. The summed E-state index contributed by atoms with van der Waals surface area (Å²) in [5.41, 5.74) is 0.674. The van der Waals surface area contributed by atoms with E-state index in [1.165, 1.54) is 12.1 Å². The SMILES string of the molecule is Cc1nc(CNS(=O)(=O)c2cccc(Cl)c2F)oc1C. The first-order valence-electron chi connectivity index (χ1n) is 5.68. The molecule has 0 aliphatic rings. The highest BCUT2D eigenvalue weighted by Gasteiger charge is 2.21. The molecule has 0 saturated heterocycles. The van der Waals surface area contributed by atoms with Gasteiger partial charge < -0.3 is 4.42 Å². The summed E-state index contributed by atoms with van der Waals surface area (Å²) in [5.74, 6) is -0.166. The van der Waals surface area contributed by atoms with Crippen LogP contribution in [0.5, 0.6) is 0 Å². The molecule has 1 aromatic carbocycles. The van der Waals surface area contributed by atoms with Crippen molar-refractivity contribution >= 4 is 21.6 Å². The Bertz CT molecular complexity index is 724. The fourth-order valence-electron chi connectivity index (χ4n) is 1.54. The molecule has 0 aliphatic heterocycles. The van der Waals surface area contributed by atoms with E-state index in [4.69, 9.17) is 16.0 Å². The average molecular weight is 319 g/mol. The number of rotatable bonds is 4. The van der Waals surface area contributed by atoms with Gasteiger partial charge in [-0.1, -0.05) is 17.7 Å². The summed E-state index contributed by atoms with van der Waals surface area (Å²) < 4.78 is 45.1. The summed E-state index contributed by atoms with van der Waals surface area (Å²) in [4.78, 5) is 3.52. The predicted molar refractivity (Wildman–Crippen MR) is 71.4 cm³/mol. The molecule has 20 heavy (non-hydrogen) atoms. The molecule has 0 aliphatic carbocycles. The molecular formula is C12H12ClFN2O3S. The van der Waals surface area contributed by atoms with Crippen LogP contribution < -0.4 is 4.72 Å². The Morgan fingerprint density at radius 2 is 2.10 bits per heavy atom. The van der Waals surface area contributed by atoms with Gasteiger partial charge in [-0.25, -0.2) is 22.5 Å². The lowest BCUT2D eigenvalue weighted by atomic mass is 10.3. The van der Waals surface area contributed by atoms with Gasteiger partial charge in [-0.3, -0.25) is 0 Å². The number of aromatic nitrogens is 1. The number of halogens is 2. The number of hydrogen-bond donors (Lipinski definition) is 1. The molecule has 1 heterocycles. The molecule has 0 unspecified atom stereocenters. The first kappa shape index (κ1) is 15.0. The maximum absolute atomic E-state index is 13.7. The van der Waals surface area contributed by atoms with E-state index < -0.39 is 20.7 Å². The van der Waals surface area contributed by atoms with E-state index in [1.807, 2.05) is 0 Å². The predicted octanol–water partition coefficient (Wildman–Crippen LogP) is 2.56. The van der Waals surface area contributed by atoms with Crippen molar-refractivity contribution in [1.29, 1.82) is 0 Å². The highest BCUT2D eigenvalue weighted by molar-refractivity contribution is 7.89. The van der Waals surface area contributed by atoms with Gasteiger partial charge in [0.1, 0.15) is 10.7 Å².